The van der Waals surface area contributed by atoms with E-state index in [0.717, 1.165) is 24.5 Å². The molecule has 1 unspecified atom stereocenters. The lowest BCUT2D eigenvalue weighted by atomic mass is 10.1. The SMILES string of the molecule is CCN1CCC(CNc2ncnc(NN)c2C)C1. The van der Waals surface area contributed by atoms with Crippen LogP contribution in [-0.4, -0.2) is 41.0 Å². The minimum atomic E-state index is 0.675. The van der Waals surface area contributed by atoms with Crippen LogP contribution in [0.2, 0.25) is 0 Å². The van der Waals surface area contributed by atoms with Gasteiger partial charge in [0.1, 0.15) is 18.0 Å². The van der Waals surface area contributed by atoms with Gasteiger partial charge in [0.15, 0.2) is 0 Å². The van der Waals surface area contributed by atoms with Crippen LogP contribution in [-0.2, 0) is 0 Å². The fraction of sp³-hybridized carbons (Fsp3) is 0.667. The molecule has 1 aromatic heterocycles. The zero-order valence-corrected chi connectivity index (χ0v) is 11.1. The number of hydrogen-bond acceptors (Lipinski definition) is 6. The zero-order valence-electron chi connectivity index (χ0n) is 11.1. The van der Waals surface area contributed by atoms with E-state index in [9.17, 15) is 0 Å². The molecule has 6 nitrogen and oxygen atoms in total. The van der Waals surface area contributed by atoms with Crippen LogP contribution in [0.15, 0.2) is 6.33 Å². The third-order valence-electron chi connectivity index (χ3n) is 3.60. The number of hydrazine groups is 1. The molecular formula is C12H22N6. The summed E-state index contributed by atoms with van der Waals surface area (Å²) in [6.45, 7) is 8.66. The third kappa shape index (κ3) is 2.88. The van der Waals surface area contributed by atoms with Crippen molar-refractivity contribution in [3.05, 3.63) is 11.9 Å². The topological polar surface area (TPSA) is 79.1 Å². The summed E-state index contributed by atoms with van der Waals surface area (Å²) in [6.07, 6.45) is 2.78. The van der Waals surface area contributed by atoms with E-state index in [1.165, 1.54) is 25.8 Å². The average Bonchev–Trinajstić information content (AvgIpc) is 2.85. The van der Waals surface area contributed by atoms with Gasteiger partial charge in [-0.1, -0.05) is 6.92 Å². The molecule has 4 N–H and O–H groups in total. The first kappa shape index (κ1) is 13.0. The summed E-state index contributed by atoms with van der Waals surface area (Å²) in [4.78, 5) is 10.8. The molecule has 2 heterocycles. The summed E-state index contributed by atoms with van der Waals surface area (Å²) in [5.74, 6) is 7.65. The van der Waals surface area contributed by atoms with Gasteiger partial charge in [0.05, 0.1) is 0 Å². The Kier molecular flexibility index (Phi) is 4.33. The molecule has 0 spiro atoms. The lowest BCUT2D eigenvalue weighted by Crippen LogP contribution is -2.23. The summed E-state index contributed by atoms with van der Waals surface area (Å²) in [6, 6.07) is 0. The molecule has 1 atom stereocenters. The van der Waals surface area contributed by atoms with Gasteiger partial charge in [-0.3, -0.25) is 0 Å². The molecule has 0 aliphatic carbocycles. The van der Waals surface area contributed by atoms with Crippen LogP contribution in [0.1, 0.15) is 18.9 Å². The summed E-state index contributed by atoms with van der Waals surface area (Å²) in [5, 5.41) is 3.40. The van der Waals surface area contributed by atoms with Gasteiger partial charge >= 0.3 is 0 Å². The second kappa shape index (κ2) is 5.97. The van der Waals surface area contributed by atoms with E-state index in [2.05, 4.69) is 32.5 Å². The van der Waals surface area contributed by atoms with Crippen molar-refractivity contribution in [1.82, 2.24) is 14.9 Å². The molecule has 0 radical (unpaired) electrons. The van der Waals surface area contributed by atoms with E-state index >= 15 is 0 Å². The summed E-state index contributed by atoms with van der Waals surface area (Å²) in [5.41, 5.74) is 3.54. The van der Waals surface area contributed by atoms with Crippen molar-refractivity contribution in [3.8, 4) is 0 Å². The molecule has 2 rings (SSSR count). The van der Waals surface area contributed by atoms with Gasteiger partial charge in [-0.05, 0) is 32.4 Å². The highest BCUT2D eigenvalue weighted by molar-refractivity contribution is 5.55. The fourth-order valence-corrected chi connectivity index (χ4v) is 2.38. The number of nitrogens with one attached hydrogen (secondary N) is 2. The van der Waals surface area contributed by atoms with Crippen LogP contribution >= 0.6 is 0 Å². The Labute approximate surface area is 108 Å². The maximum atomic E-state index is 5.40. The predicted octanol–water partition coefficient (Wildman–Crippen LogP) is 0.824. The predicted molar refractivity (Wildman–Crippen MR) is 73.3 cm³/mol. The van der Waals surface area contributed by atoms with Gasteiger partial charge in [0.2, 0.25) is 0 Å². The van der Waals surface area contributed by atoms with Gasteiger partial charge in [-0.25, -0.2) is 15.8 Å². The highest BCUT2D eigenvalue weighted by Crippen LogP contribution is 2.20. The first-order chi connectivity index (χ1) is 8.74. The Morgan fingerprint density at radius 1 is 1.44 bits per heavy atom. The van der Waals surface area contributed by atoms with Crippen molar-refractivity contribution >= 4 is 11.6 Å². The highest BCUT2D eigenvalue weighted by Gasteiger charge is 2.21. The summed E-state index contributed by atoms with van der Waals surface area (Å²) < 4.78 is 0. The molecule has 18 heavy (non-hydrogen) atoms. The van der Waals surface area contributed by atoms with E-state index < -0.39 is 0 Å². The molecule has 1 aliphatic rings. The maximum absolute atomic E-state index is 5.40. The molecule has 0 saturated carbocycles. The Hall–Kier alpha value is -1.40. The molecule has 6 heteroatoms. The van der Waals surface area contributed by atoms with E-state index in [4.69, 9.17) is 5.84 Å². The largest absolute Gasteiger partial charge is 0.369 e. The van der Waals surface area contributed by atoms with Crippen LogP contribution in [0, 0.1) is 12.8 Å². The second-order valence-corrected chi connectivity index (χ2v) is 4.77. The van der Waals surface area contributed by atoms with E-state index in [1.54, 1.807) is 0 Å². The van der Waals surface area contributed by atoms with Crippen molar-refractivity contribution < 1.29 is 0 Å². The monoisotopic (exact) mass is 250 g/mol. The van der Waals surface area contributed by atoms with Crippen molar-refractivity contribution in [2.45, 2.75) is 20.3 Å². The van der Waals surface area contributed by atoms with Crippen molar-refractivity contribution in [1.29, 1.82) is 0 Å². The molecule has 1 aromatic rings. The van der Waals surface area contributed by atoms with Crippen LogP contribution in [0.5, 0.6) is 0 Å². The fourth-order valence-electron chi connectivity index (χ4n) is 2.38. The summed E-state index contributed by atoms with van der Waals surface area (Å²) in [7, 11) is 0. The molecule has 100 valence electrons. The number of aromatic nitrogens is 2. The van der Waals surface area contributed by atoms with Gasteiger partial charge in [0.25, 0.3) is 0 Å². The molecule has 1 saturated heterocycles. The van der Waals surface area contributed by atoms with Crippen LogP contribution in [0.4, 0.5) is 11.6 Å². The van der Waals surface area contributed by atoms with Crippen molar-refractivity contribution in [2.75, 3.05) is 36.9 Å². The first-order valence-corrected chi connectivity index (χ1v) is 6.49. The first-order valence-electron chi connectivity index (χ1n) is 6.49. The summed E-state index contributed by atoms with van der Waals surface area (Å²) >= 11 is 0. The Balaban J connectivity index is 1.91. The highest BCUT2D eigenvalue weighted by atomic mass is 15.3. The zero-order chi connectivity index (χ0) is 13.0. The second-order valence-electron chi connectivity index (χ2n) is 4.77. The lowest BCUT2D eigenvalue weighted by molar-refractivity contribution is 0.345. The van der Waals surface area contributed by atoms with Gasteiger partial charge < -0.3 is 15.6 Å². The maximum Gasteiger partial charge on any atom is 0.148 e. The molecule has 0 aromatic carbocycles. The Morgan fingerprint density at radius 2 is 2.22 bits per heavy atom. The normalized spacial score (nSPS) is 20.1. The number of rotatable bonds is 5. The number of hydrogen-bond donors (Lipinski definition) is 3. The quantitative estimate of drug-likeness (QED) is 0.530. The average molecular weight is 250 g/mol. The van der Waals surface area contributed by atoms with E-state index in [-0.39, 0.29) is 0 Å². The lowest BCUT2D eigenvalue weighted by Gasteiger charge is -2.15. The number of nitrogens with zero attached hydrogens (tertiary/aromatic N) is 3. The Bertz CT molecular complexity index is 394. The number of anilines is 2. The Morgan fingerprint density at radius 3 is 2.89 bits per heavy atom. The number of likely N-dealkylation sites (tertiary alicyclic amines) is 1. The van der Waals surface area contributed by atoms with Gasteiger partial charge in [-0.15, -0.1) is 0 Å². The minimum absolute atomic E-state index is 0.675. The third-order valence-corrected chi connectivity index (χ3v) is 3.60. The molecule has 1 fully saturated rings. The molecule has 1 aliphatic heterocycles. The number of nitrogen functional groups attached to an aromatic ring is 1. The molecule has 0 amide bonds. The standard InChI is InChI=1S/C12H22N6/c1-3-18-5-4-10(7-18)6-14-11-9(2)12(17-13)16-8-15-11/h8,10H,3-7,13H2,1-2H3,(H2,14,15,16,17). The van der Waals surface area contributed by atoms with Crippen LogP contribution in [0.3, 0.4) is 0 Å². The van der Waals surface area contributed by atoms with Crippen LogP contribution < -0.4 is 16.6 Å². The smallest absolute Gasteiger partial charge is 0.148 e. The van der Waals surface area contributed by atoms with E-state index in [0.29, 0.717) is 11.7 Å². The van der Waals surface area contributed by atoms with Crippen LogP contribution in [0.25, 0.3) is 0 Å². The number of nitrogens with two attached hydrogens (primary N) is 1. The van der Waals surface area contributed by atoms with Gasteiger partial charge in [-0.2, -0.15) is 0 Å². The van der Waals surface area contributed by atoms with Crippen molar-refractivity contribution in [3.63, 3.8) is 0 Å². The molecule has 0 bridgehead atoms. The van der Waals surface area contributed by atoms with Crippen molar-refractivity contribution in [2.24, 2.45) is 11.8 Å². The molecular weight excluding hydrogens is 228 g/mol. The minimum Gasteiger partial charge on any atom is -0.369 e. The van der Waals surface area contributed by atoms with Gasteiger partial charge in [0, 0.05) is 18.7 Å². The van der Waals surface area contributed by atoms with E-state index in [1.807, 2.05) is 6.92 Å².